The summed E-state index contributed by atoms with van der Waals surface area (Å²) >= 11 is 1.61. The number of hydrogen-bond donors (Lipinski definition) is 1. The zero-order valence-electron chi connectivity index (χ0n) is 15.6. The number of benzene rings is 1. The van der Waals surface area contributed by atoms with E-state index in [0.29, 0.717) is 0 Å². The molecule has 0 aliphatic rings. The molecule has 23 heavy (non-hydrogen) atoms. The minimum absolute atomic E-state index is 0.0525. The molecule has 1 aromatic carbocycles. The minimum Gasteiger partial charge on any atom is -0.351 e. The number of ketones is 1. The van der Waals surface area contributed by atoms with Crippen molar-refractivity contribution in [3.8, 4) is 0 Å². The van der Waals surface area contributed by atoms with Crippen LogP contribution in [0.5, 0.6) is 0 Å². The minimum atomic E-state index is -0.219. The molecule has 0 saturated heterocycles. The Morgan fingerprint density at radius 3 is 2.22 bits per heavy atom. The smallest absolute Gasteiger partial charge is 0.233 e. The molecule has 0 heterocycles. The lowest BCUT2D eigenvalue weighted by Gasteiger charge is -2.23. The molecule has 0 radical (unpaired) electrons. The molecule has 1 rings (SSSR count). The van der Waals surface area contributed by atoms with Gasteiger partial charge in [0, 0.05) is 16.9 Å². The summed E-state index contributed by atoms with van der Waals surface area (Å²) in [4.78, 5) is 24.1. The number of rotatable bonds is 5. The van der Waals surface area contributed by atoms with E-state index >= 15 is 0 Å². The second kappa shape index (κ2) is 7.52. The maximum atomic E-state index is 12.2. The van der Waals surface area contributed by atoms with Gasteiger partial charge in [0.05, 0.1) is 5.25 Å². The van der Waals surface area contributed by atoms with Crippen LogP contribution in [0, 0.1) is 20.8 Å². The van der Waals surface area contributed by atoms with Crippen molar-refractivity contribution in [3.05, 3.63) is 33.9 Å². The van der Waals surface area contributed by atoms with Crippen LogP contribution in [-0.4, -0.2) is 22.5 Å². The molecule has 0 aromatic heterocycles. The average Bonchev–Trinajstić information content (AvgIpc) is 2.34. The summed E-state index contributed by atoms with van der Waals surface area (Å²) in [7, 11) is 0. The van der Waals surface area contributed by atoms with E-state index < -0.39 is 0 Å². The average molecular weight is 336 g/mol. The molecule has 3 nitrogen and oxygen atoms in total. The van der Waals surface area contributed by atoms with E-state index in [9.17, 15) is 9.59 Å². The fraction of sp³-hybridized carbons (Fsp3) is 0.579. The van der Waals surface area contributed by atoms with Crippen molar-refractivity contribution in [3.63, 3.8) is 0 Å². The van der Waals surface area contributed by atoms with Gasteiger partial charge in [0.2, 0.25) is 5.91 Å². The van der Waals surface area contributed by atoms with Gasteiger partial charge in [-0.15, -0.1) is 11.8 Å². The zero-order valence-corrected chi connectivity index (χ0v) is 16.4. The highest BCUT2D eigenvalue weighted by atomic mass is 32.2. The topological polar surface area (TPSA) is 46.2 Å². The van der Waals surface area contributed by atoms with Crippen LogP contribution in [0.25, 0.3) is 0 Å². The van der Waals surface area contributed by atoms with Gasteiger partial charge in [0.25, 0.3) is 0 Å². The molecule has 1 unspecified atom stereocenters. The fourth-order valence-corrected chi connectivity index (χ4v) is 3.82. The first-order valence-corrected chi connectivity index (χ1v) is 9.03. The Balaban J connectivity index is 2.92. The first kappa shape index (κ1) is 19.8. The van der Waals surface area contributed by atoms with Gasteiger partial charge < -0.3 is 5.32 Å². The van der Waals surface area contributed by atoms with Crippen LogP contribution >= 0.6 is 11.8 Å². The van der Waals surface area contributed by atoms with Crippen molar-refractivity contribution >= 4 is 23.5 Å². The summed E-state index contributed by atoms with van der Waals surface area (Å²) in [6.07, 6.45) is 0. The predicted octanol–water partition coefficient (Wildman–Crippen LogP) is 4.35. The van der Waals surface area contributed by atoms with Crippen molar-refractivity contribution in [2.45, 2.75) is 71.9 Å². The number of carbonyl (C=O) groups is 2. The highest BCUT2D eigenvalue weighted by Crippen LogP contribution is 2.28. The first-order chi connectivity index (χ1) is 10.4. The van der Waals surface area contributed by atoms with Crippen molar-refractivity contribution < 1.29 is 9.59 Å². The number of Topliss-reactive ketones (excluding diaryl/α,β-unsaturated/α-hetero) is 1. The number of carbonyl (C=O) groups excluding carboxylic acids is 2. The zero-order chi connectivity index (χ0) is 17.9. The largest absolute Gasteiger partial charge is 0.351 e. The summed E-state index contributed by atoms with van der Waals surface area (Å²) in [6.45, 7) is 15.5. The molecule has 1 amide bonds. The molecule has 1 atom stereocenters. The van der Waals surface area contributed by atoms with Crippen molar-refractivity contribution in [1.29, 1.82) is 0 Å². The van der Waals surface area contributed by atoms with Crippen LogP contribution in [0.4, 0.5) is 0 Å². The lowest BCUT2D eigenvalue weighted by Crippen LogP contribution is -2.44. The van der Waals surface area contributed by atoms with Crippen molar-refractivity contribution in [2.24, 2.45) is 0 Å². The Morgan fingerprint density at radius 1 is 1.17 bits per heavy atom. The van der Waals surface area contributed by atoms with E-state index in [1.165, 1.54) is 11.1 Å². The molecule has 0 aliphatic heterocycles. The molecule has 4 heteroatoms. The lowest BCUT2D eigenvalue weighted by atomic mass is 9.92. The number of nitrogens with one attached hydrogen (secondary N) is 1. The quantitative estimate of drug-likeness (QED) is 0.814. The molecule has 0 aliphatic carbocycles. The SMILES string of the molecule is CC(=O)c1c(C)cc(C)c(CSC(C)C(=O)NC(C)(C)C)c1C. The monoisotopic (exact) mass is 335 g/mol. The molecular formula is C19H29NO2S. The van der Waals surface area contributed by atoms with Gasteiger partial charge in [-0.2, -0.15) is 0 Å². The van der Waals surface area contributed by atoms with Crippen molar-refractivity contribution in [1.82, 2.24) is 5.32 Å². The fourth-order valence-electron chi connectivity index (χ4n) is 2.75. The Kier molecular flexibility index (Phi) is 6.46. The van der Waals surface area contributed by atoms with Gasteiger partial charge in [-0.1, -0.05) is 6.07 Å². The van der Waals surface area contributed by atoms with Crippen LogP contribution < -0.4 is 5.32 Å². The van der Waals surface area contributed by atoms with E-state index in [2.05, 4.69) is 18.3 Å². The van der Waals surface area contributed by atoms with Crippen LogP contribution in [0.2, 0.25) is 0 Å². The molecule has 128 valence electrons. The Bertz CT molecular complexity index is 615. The molecule has 0 spiro atoms. The highest BCUT2D eigenvalue weighted by Gasteiger charge is 2.21. The van der Waals surface area contributed by atoms with Crippen LogP contribution in [0.3, 0.4) is 0 Å². The maximum Gasteiger partial charge on any atom is 0.233 e. The highest BCUT2D eigenvalue weighted by molar-refractivity contribution is 7.99. The number of hydrogen-bond acceptors (Lipinski definition) is 3. The summed E-state index contributed by atoms with van der Waals surface area (Å²) in [5, 5.41) is 2.88. The Labute approximate surface area is 144 Å². The van der Waals surface area contributed by atoms with Gasteiger partial charge >= 0.3 is 0 Å². The van der Waals surface area contributed by atoms with E-state index in [-0.39, 0.29) is 22.5 Å². The summed E-state index contributed by atoms with van der Waals surface area (Å²) < 4.78 is 0. The van der Waals surface area contributed by atoms with Gasteiger partial charge in [-0.25, -0.2) is 0 Å². The normalized spacial score (nSPS) is 12.9. The third-order valence-corrected chi connectivity index (χ3v) is 5.00. The van der Waals surface area contributed by atoms with Crippen LogP contribution in [0.1, 0.15) is 67.2 Å². The van der Waals surface area contributed by atoms with Crippen molar-refractivity contribution in [2.75, 3.05) is 0 Å². The maximum absolute atomic E-state index is 12.2. The van der Waals surface area contributed by atoms with Gasteiger partial charge in [0.15, 0.2) is 5.78 Å². The number of aryl methyl sites for hydroxylation is 2. The Hall–Kier alpha value is -1.29. The van der Waals surface area contributed by atoms with Gasteiger partial charge in [0.1, 0.15) is 0 Å². The molecular weight excluding hydrogens is 306 g/mol. The molecule has 0 bridgehead atoms. The van der Waals surface area contributed by atoms with Gasteiger partial charge in [-0.3, -0.25) is 9.59 Å². The lowest BCUT2D eigenvalue weighted by molar-refractivity contribution is -0.121. The summed E-state index contributed by atoms with van der Waals surface area (Å²) in [5.41, 5.74) is 5.02. The van der Waals surface area contributed by atoms with E-state index in [0.717, 1.165) is 22.4 Å². The van der Waals surface area contributed by atoms with E-state index in [1.54, 1.807) is 18.7 Å². The standard InChI is InChI=1S/C19H29NO2S/c1-11-9-12(2)17(14(4)21)13(3)16(11)10-23-15(5)18(22)20-19(6,7)8/h9,15H,10H2,1-8H3,(H,20,22). The molecule has 1 N–H and O–H groups in total. The Morgan fingerprint density at radius 2 is 1.74 bits per heavy atom. The first-order valence-electron chi connectivity index (χ1n) is 7.98. The van der Waals surface area contributed by atoms with E-state index in [4.69, 9.17) is 0 Å². The number of thioether (sulfide) groups is 1. The second-order valence-corrected chi connectivity index (χ2v) is 8.57. The predicted molar refractivity (Wildman–Crippen MR) is 99.3 cm³/mol. The molecule has 0 saturated carbocycles. The molecule has 0 fully saturated rings. The third-order valence-electron chi connectivity index (χ3n) is 3.83. The summed E-state index contributed by atoms with van der Waals surface area (Å²) in [5.74, 6) is 0.887. The third kappa shape index (κ3) is 5.38. The van der Waals surface area contributed by atoms with Crippen LogP contribution in [-0.2, 0) is 10.5 Å². The number of amides is 1. The summed E-state index contributed by atoms with van der Waals surface area (Å²) in [6, 6.07) is 2.07. The van der Waals surface area contributed by atoms with Gasteiger partial charge in [-0.05, 0) is 77.6 Å². The second-order valence-electron chi connectivity index (χ2n) is 7.24. The van der Waals surface area contributed by atoms with Crippen LogP contribution in [0.15, 0.2) is 6.07 Å². The van der Waals surface area contributed by atoms with E-state index in [1.807, 2.05) is 41.5 Å². The molecule has 1 aromatic rings.